The van der Waals surface area contributed by atoms with Crippen LogP contribution in [-0.4, -0.2) is 16.0 Å². The van der Waals surface area contributed by atoms with Gasteiger partial charge >= 0.3 is 0 Å². The predicted octanol–water partition coefficient (Wildman–Crippen LogP) is 3.52. The molecule has 0 aliphatic rings. The van der Waals surface area contributed by atoms with Crippen LogP contribution in [0.5, 0.6) is 5.75 Å². The Balaban J connectivity index is 2.06. The molecule has 3 nitrogen and oxygen atoms in total. The first-order chi connectivity index (χ1) is 9.68. The monoisotopic (exact) mass is 284 g/mol. The molecule has 1 aromatic heterocycles. The number of carbonyl (C=O) groups is 1. The summed E-state index contributed by atoms with van der Waals surface area (Å²) in [5.41, 5.74) is 0.238. The minimum Gasteiger partial charge on any atom is -0.507 e. The first-order valence-electron chi connectivity index (χ1n) is 6.15. The molecule has 0 fully saturated rings. The van der Waals surface area contributed by atoms with Gasteiger partial charge in [0.2, 0.25) is 5.78 Å². The van der Waals surface area contributed by atoms with Crippen molar-refractivity contribution in [3.63, 3.8) is 0 Å². The molecule has 0 bridgehead atoms. The van der Waals surface area contributed by atoms with Crippen molar-refractivity contribution in [2.24, 2.45) is 0 Å². The number of hydrogen-bond acceptors (Lipinski definition) is 4. The number of rotatable bonds is 3. The van der Waals surface area contributed by atoms with Crippen LogP contribution in [0.3, 0.4) is 0 Å². The van der Waals surface area contributed by atoms with Gasteiger partial charge in [-0.1, -0.05) is 42.5 Å². The van der Waals surface area contributed by atoms with Gasteiger partial charge in [-0.2, -0.15) is 0 Å². The van der Waals surface area contributed by atoms with Crippen molar-refractivity contribution in [3.8, 4) is 5.75 Å². The highest BCUT2D eigenvalue weighted by Gasteiger charge is 2.23. The largest absolute Gasteiger partial charge is 0.507 e. The van der Waals surface area contributed by atoms with Crippen LogP contribution in [0.4, 0.5) is 0 Å². The second kappa shape index (κ2) is 5.07. The van der Waals surface area contributed by atoms with Crippen LogP contribution in [0.25, 0.3) is 10.8 Å². The van der Waals surface area contributed by atoms with Gasteiger partial charge < -0.3 is 10.2 Å². The Labute approximate surface area is 119 Å². The maximum atomic E-state index is 12.1. The smallest absolute Gasteiger partial charge is 0.205 e. The number of Topliss-reactive ketones (excluding diaryl/α,β-unsaturated/α-hetero) is 1. The summed E-state index contributed by atoms with van der Waals surface area (Å²) >= 11 is 1.27. The van der Waals surface area contributed by atoms with Gasteiger partial charge in [0, 0.05) is 10.9 Å². The third-order valence-electron chi connectivity index (χ3n) is 3.24. The van der Waals surface area contributed by atoms with E-state index in [4.69, 9.17) is 0 Å². The van der Waals surface area contributed by atoms with Gasteiger partial charge in [-0.05, 0) is 16.8 Å². The highest BCUT2D eigenvalue weighted by Crippen LogP contribution is 2.34. The zero-order valence-electron chi connectivity index (χ0n) is 10.5. The molecule has 0 aliphatic carbocycles. The number of aliphatic hydroxyl groups excluding tert-OH is 1. The third kappa shape index (κ3) is 2.09. The van der Waals surface area contributed by atoms with Crippen molar-refractivity contribution in [1.82, 2.24) is 0 Å². The van der Waals surface area contributed by atoms with E-state index < -0.39 is 11.9 Å². The number of thiophene rings is 1. The summed E-state index contributed by atoms with van der Waals surface area (Å²) in [6.45, 7) is 0. The molecule has 2 N–H and O–H groups in total. The van der Waals surface area contributed by atoms with Crippen molar-refractivity contribution in [3.05, 3.63) is 64.4 Å². The van der Waals surface area contributed by atoms with E-state index >= 15 is 0 Å². The van der Waals surface area contributed by atoms with Gasteiger partial charge in [-0.25, -0.2) is 0 Å². The SMILES string of the molecule is O=C(c1cccs1)[C@H](O)c1ccc2ccccc2c1O. The van der Waals surface area contributed by atoms with Crippen molar-refractivity contribution in [1.29, 1.82) is 0 Å². The first kappa shape index (κ1) is 12.8. The quantitative estimate of drug-likeness (QED) is 0.723. The van der Waals surface area contributed by atoms with Gasteiger partial charge in [0.05, 0.1) is 4.88 Å². The third-order valence-corrected chi connectivity index (χ3v) is 4.12. The van der Waals surface area contributed by atoms with Gasteiger partial charge in [0.25, 0.3) is 0 Å². The lowest BCUT2D eigenvalue weighted by molar-refractivity contribution is 0.0747. The van der Waals surface area contributed by atoms with E-state index in [0.717, 1.165) is 5.39 Å². The van der Waals surface area contributed by atoms with Gasteiger partial charge in [0.15, 0.2) is 0 Å². The average Bonchev–Trinajstić information content (AvgIpc) is 3.01. The van der Waals surface area contributed by atoms with Gasteiger partial charge in [-0.15, -0.1) is 11.3 Å². The summed E-state index contributed by atoms with van der Waals surface area (Å²) in [4.78, 5) is 12.6. The lowest BCUT2D eigenvalue weighted by Gasteiger charge is -2.12. The van der Waals surface area contributed by atoms with E-state index in [-0.39, 0.29) is 11.3 Å². The van der Waals surface area contributed by atoms with Crippen molar-refractivity contribution >= 4 is 27.9 Å². The summed E-state index contributed by atoms with van der Waals surface area (Å²) in [7, 11) is 0. The Kier molecular flexibility index (Phi) is 3.26. The standard InChI is InChI=1S/C16H12O3S/c17-14-11-5-2-1-4-10(11)7-8-12(14)15(18)16(19)13-6-3-9-20-13/h1-9,15,17-18H/t15-/m1/s1. The van der Waals surface area contributed by atoms with Crippen LogP contribution in [0.1, 0.15) is 21.3 Å². The molecule has 0 radical (unpaired) electrons. The highest BCUT2D eigenvalue weighted by molar-refractivity contribution is 7.12. The van der Waals surface area contributed by atoms with Crippen LogP contribution in [0, 0.1) is 0 Å². The molecule has 0 amide bonds. The molecule has 2 aromatic carbocycles. The summed E-state index contributed by atoms with van der Waals surface area (Å²) < 4.78 is 0. The van der Waals surface area contributed by atoms with E-state index in [1.54, 1.807) is 41.8 Å². The summed E-state index contributed by atoms with van der Waals surface area (Å²) in [6.07, 6.45) is -1.35. The maximum Gasteiger partial charge on any atom is 0.205 e. The van der Waals surface area contributed by atoms with E-state index in [0.29, 0.717) is 10.3 Å². The fraction of sp³-hybridized carbons (Fsp3) is 0.0625. The maximum absolute atomic E-state index is 12.1. The molecule has 100 valence electrons. The molecular weight excluding hydrogens is 272 g/mol. The minimum absolute atomic E-state index is 0.0412. The topological polar surface area (TPSA) is 57.5 Å². The number of benzene rings is 2. The van der Waals surface area contributed by atoms with E-state index in [2.05, 4.69) is 0 Å². The number of ketones is 1. The number of aliphatic hydroxyl groups is 1. The molecule has 1 heterocycles. The number of phenols is 1. The Morgan fingerprint density at radius 1 is 1.05 bits per heavy atom. The minimum atomic E-state index is -1.35. The lowest BCUT2D eigenvalue weighted by atomic mass is 9.99. The molecule has 0 spiro atoms. The van der Waals surface area contributed by atoms with E-state index in [9.17, 15) is 15.0 Å². The Morgan fingerprint density at radius 3 is 2.60 bits per heavy atom. The molecule has 0 unspecified atom stereocenters. The fourth-order valence-corrected chi connectivity index (χ4v) is 2.88. The molecule has 0 aliphatic heterocycles. The molecule has 1 atom stereocenters. The Morgan fingerprint density at radius 2 is 1.85 bits per heavy atom. The summed E-state index contributed by atoms with van der Waals surface area (Å²) in [5.74, 6) is -0.439. The van der Waals surface area contributed by atoms with Crippen LogP contribution in [0.2, 0.25) is 0 Å². The van der Waals surface area contributed by atoms with Crippen molar-refractivity contribution in [2.75, 3.05) is 0 Å². The number of fused-ring (bicyclic) bond motifs is 1. The van der Waals surface area contributed by atoms with E-state index in [1.165, 1.54) is 11.3 Å². The van der Waals surface area contributed by atoms with Crippen molar-refractivity contribution < 1.29 is 15.0 Å². The number of aromatic hydroxyl groups is 1. The molecule has 20 heavy (non-hydrogen) atoms. The van der Waals surface area contributed by atoms with Crippen LogP contribution >= 0.6 is 11.3 Å². The van der Waals surface area contributed by atoms with Crippen LogP contribution in [-0.2, 0) is 0 Å². The normalized spacial score (nSPS) is 12.4. The highest BCUT2D eigenvalue weighted by atomic mass is 32.1. The van der Waals surface area contributed by atoms with Crippen molar-refractivity contribution in [2.45, 2.75) is 6.10 Å². The van der Waals surface area contributed by atoms with Crippen LogP contribution in [0.15, 0.2) is 53.9 Å². The molecule has 0 saturated heterocycles. The number of carbonyl (C=O) groups excluding carboxylic acids is 1. The number of phenolic OH excluding ortho intramolecular Hbond substituents is 1. The fourth-order valence-electron chi connectivity index (χ4n) is 2.19. The first-order valence-corrected chi connectivity index (χ1v) is 7.03. The second-order valence-corrected chi connectivity index (χ2v) is 5.42. The summed E-state index contributed by atoms with van der Waals surface area (Å²) in [6, 6.07) is 14.1. The molecule has 4 heteroatoms. The van der Waals surface area contributed by atoms with Gasteiger partial charge in [-0.3, -0.25) is 4.79 Å². The molecular formula is C16H12O3S. The summed E-state index contributed by atoms with van der Waals surface area (Å²) in [5, 5.41) is 23.7. The predicted molar refractivity (Wildman–Crippen MR) is 79.2 cm³/mol. The Bertz CT molecular complexity index is 762. The average molecular weight is 284 g/mol. The molecule has 0 saturated carbocycles. The van der Waals surface area contributed by atoms with Gasteiger partial charge in [0.1, 0.15) is 11.9 Å². The molecule has 3 aromatic rings. The second-order valence-electron chi connectivity index (χ2n) is 4.47. The molecule has 3 rings (SSSR count). The Hall–Kier alpha value is -2.17. The lowest BCUT2D eigenvalue weighted by Crippen LogP contribution is -2.11. The zero-order chi connectivity index (χ0) is 14.1. The van der Waals surface area contributed by atoms with Crippen LogP contribution < -0.4 is 0 Å². The van der Waals surface area contributed by atoms with E-state index in [1.807, 2.05) is 12.1 Å². The number of hydrogen-bond donors (Lipinski definition) is 2. The zero-order valence-corrected chi connectivity index (χ0v) is 11.3.